The van der Waals surface area contributed by atoms with Gasteiger partial charge in [-0.1, -0.05) is 63.7 Å². The largest absolute Gasteiger partial charge is 0.0508 e. The molecule has 112 valence electrons. The van der Waals surface area contributed by atoms with Crippen molar-refractivity contribution in [2.45, 2.75) is 12.8 Å². The van der Waals surface area contributed by atoms with Crippen LogP contribution in [-0.4, -0.2) is 0 Å². The van der Waals surface area contributed by atoms with E-state index in [2.05, 4.69) is 130 Å². The van der Waals surface area contributed by atoms with Crippen LogP contribution >= 0.6 is 112 Å². The molecule has 0 radical (unpaired) electrons. The number of rotatable bonds is 3. The van der Waals surface area contributed by atoms with E-state index in [1.54, 1.807) is 0 Å². The lowest BCUT2D eigenvalue weighted by molar-refractivity contribution is 0.935. The summed E-state index contributed by atoms with van der Waals surface area (Å²) in [4.78, 5) is 0. The summed E-state index contributed by atoms with van der Waals surface area (Å²) in [6.07, 6.45) is 1.85. The summed E-state index contributed by atoms with van der Waals surface area (Å²) >= 11 is 25.2. The minimum absolute atomic E-state index is 0.922. The predicted molar refractivity (Wildman–Crippen MR) is 114 cm³/mol. The topological polar surface area (TPSA) is 0 Å². The summed E-state index contributed by atoms with van der Waals surface area (Å²) in [7, 11) is 0. The molecule has 0 aliphatic heterocycles. The van der Waals surface area contributed by atoms with E-state index in [4.69, 9.17) is 0 Å². The molecular weight excluding hydrogens is 727 g/mol. The molecule has 2 aromatic rings. The van der Waals surface area contributed by atoms with Crippen LogP contribution in [0.25, 0.3) is 0 Å². The normalized spacial score (nSPS) is 11.0. The minimum atomic E-state index is 0.922. The van der Waals surface area contributed by atoms with Gasteiger partial charge < -0.3 is 0 Å². The van der Waals surface area contributed by atoms with E-state index in [9.17, 15) is 0 Å². The lowest BCUT2D eigenvalue weighted by Crippen LogP contribution is -1.97. The Morgan fingerprint density at radius 3 is 1.57 bits per heavy atom. The van der Waals surface area contributed by atoms with E-state index in [0.717, 1.165) is 44.2 Å². The molecule has 0 saturated heterocycles. The van der Waals surface area contributed by atoms with Crippen LogP contribution in [0.15, 0.2) is 49.5 Å². The van der Waals surface area contributed by atoms with Crippen molar-refractivity contribution in [3.63, 3.8) is 0 Å². The Morgan fingerprint density at radius 2 is 1.00 bits per heavy atom. The van der Waals surface area contributed by atoms with Gasteiger partial charge in [0.1, 0.15) is 0 Å². The Hall–Kier alpha value is 1.80. The Bertz CT molecular complexity index is 671. The second-order valence-corrected chi connectivity index (χ2v) is 10.2. The fraction of sp³-hybridized carbons (Fsp3) is 0.143. The molecule has 0 spiro atoms. The van der Waals surface area contributed by atoms with Crippen LogP contribution in [-0.2, 0) is 12.8 Å². The maximum absolute atomic E-state index is 3.67. The second-order valence-electron chi connectivity index (χ2n) is 4.29. The van der Waals surface area contributed by atoms with Crippen LogP contribution in [0.4, 0.5) is 0 Å². The monoisotopic (exact) mass is 727 g/mol. The summed E-state index contributed by atoms with van der Waals surface area (Å²) in [6, 6.07) is 6.21. The van der Waals surface area contributed by atoms with Gasteiger partial charge in [-0.2, -0.15) is 0 Å². The van der Waals surface area contributed by atoms with Gasteiger partial charge in [-0.15, -0.1) is 0 Å². The zero-order valence-electron chi connectivity index (χ0n) is 10.3. The van der Waals surface area contributed by atoms with Crippen molar-refractivity contribution in [1.82, 2.24) is 0 Å². The summed E-state index contributed by atoms with van der Waals surface area (Å²) in [6.45, 7) is 0. The van der Waals surface area contributed by atoms with Crippen molar-refractivity contribution < 1.29 is 0 Å². The molecule has 7 heteroatoms. The first kappa shape index (κ1) is 19.1. The smallest absolute Gasteiger partial charge is 0.0463 e. The molecule has 0 amide bonds. The van der Waals surface area contributed by atoms with Crippen LogP contribution in [0.2, 0.25) is 0 Å². The van der Waals surface area contributed by atoms with Gasteiger partial charge in [0.25, 0.3) is 0 Å². The molecule has 0 aliphatic rings. The zero-order chi connectivity index (χ0) is 15.7. The summed E-state index contributed by atoms with van der Waals surface area (Å²) in [5.41, 5.74) is 2.50. The van der Waals surface area contributed by atoms with Crippen molar-refractivity contribution >= 4 is 112 Å². The van der Waals surface area contributed by atoms with Crippen LogP contribution in [0.1, 0.15) is 11.1 Å². The van der Waals surface area contributed by atoms with Crippen molar-refractivity contribution in [1.29, 1.82) is 0 Å². The van der Waals surface area contributed by atoms with E-state index in [1.807, 2.05) is 0 Å². The fourth-order valence-corrected chi connectivity index (χ4v) is 7.42. The molecule has 0 saturated carbocycles. The molecular formula is C14H7Br7. The highest BCUT2D eigenvalue weighted by atomic mass is 79.9. The Kier molecular flexibility index (Phi) is 7.52. The predicted octanol–water partition coefficient (Wildman–Crippen LogP) is 8.81. The Balaban J connectivity index is 2.32. The number of hydrogen-bond acceptors (Lipinski definition) is 0. The minimum Gasteiger partial charge on any atom is -0.0508 e. The molecule has 0 heterocycles. The van der Waals surface area contributed by atoms with Gasteiger partial charge in [0.15, 0.2) is 0 Å². The molecule has 2 rings (SSSR count). The molecule has 0 fully saturated rings. The molecule has 0 N–H and O–H groups in total. The summed E-state index contributed by atoms with van der Waals surface area (Å²) in [5.74, 6) is 0. The molecule has 21 heavy (non-hydrogen) atoms. The highest BCUT2D eigenvalue weighted by molar-refractivity contribution is 9.14. The molecule has 0 aromatic heterocycles. The van der Waals surface area contributed by atoms with Crippen molar-refractivity contribution in [3.8, 4) is 0 Å². The van der Waals surface area contributed by atoms with Crippen molar-refractivity contribution in [3.05, 3.63) is 60.6 Å². The first-order valence-corrected chi connectivity index (χ1v) is 11.3. The third-order valence-electron chi connectivity index (χ3n) is 2.94. The molecule has 0 atom stereocenters. The highest BCUT2D eigenvalue weighted by Crippen LogP contribution is 2.39. The van der Waals surface area contributed by atoms with E-state index < -0.39 is 0 Å². The highest BCUT2D eigenvalue weighted by Gasteiger charge is 2.14. The number of hydrogen-bond donors (Lipinski definition) is 0. The number of benzene rings is 2. The van der Waals surface area contributed by atoms with Crippen LogP contribution in [0, 0.1) is 0 Å². The van der Waals surface area contributed by atoms with Crippen LogP contribution < -0.4 is 0 Å². The van der Waals surface area contributed by atoms with E-state index in [-0.39, 0.29) is 0 Å². The molecule has 0 unspecified atom stereocenters. The average Bonchev–Trinajstić information content (AvgIpc) is 2.38. The third-order valence-corrected chi connectivity index (χ3v) is 8.91. The third kappa shape index (κ3) is 4.67. The average molecular weight is 735 g/mol. The van der Waals surface area contributed by atoms with Gasteiger partial charge in [-0.05, 0) is 90.0 Å². The first-order valence-electron chi connectivity index (χ1n) is 5.76. The zero-order valence-corrected chi connectivity index (χ0v) is 21.4. The SMILES string of the molecule is Brc1cc(Br)c(CCc2c(Br)cc(Br)c(Br)c2Br)c(Br)c1. The lowest BCUT2D eigenvalue weighted by atomic mass is 10.0. The first-order chi connectivity index (χ1) is 9.81. The standard InChI is InChI=1S/C14H7Br7/c15-6-3-9(16)7(10(17)4-6)1-2-8-11(18)5-12(19)14(21)13(8)20/h3-5H,1-2H2. The van der Waals surface area contributed by atoms with Crippen molar-refractivity contribution in [2.75, 3.05) is 0 Å². The summed E-state index contributed by atoms with van der Waals surface area (Å²) < 4.78 is 7.49. The van der Waals surface area contributed by atoms with Crippen LogP contribution in [0.3, 0.4) is 0 Å². The molecule has 2 aromatic carbocycles. The fourth-order valence-electron chi connectivity index (χ4n) is 1.89. The molecule has 0 aliphatic carbocycles. The van der Waals surface area contributed by atoms with E-state index in [1.165, 1.54) is 11.1 Å². The van der Waals surface area contributed by atoms with Gasteiger partial charge in [-0.25, -0.2) is 0 Å². The van der Waals surface area contributed by atoms with E-state index >= 15 is 0 Å². The quantitative estimate of drug-likeness (QED) is 0.219. The van der Waals surface area contributed by atoms with Crippen LogP contribution in [0.5, 0.6) is 0 Å². The van der Waals surface area contributed by atoms with Gasteiger partial charge in [0, 0.05) is 31.3 Å². The Labute approximate surface area is 182 Å². The second kappa shape index (κ2) is 8.26. The molecule has 0 bridgehead atoms. The van der Waals surface area contributed by atoms with E-state index in [0.29, 0.717) is 0 Å². The Morgan fingerprint density at radius 1 is 0.524 bits per heavy atom. The van der Waals surface area contributed by atoms with Gasteiger partial charge in [0.2, 0.25) is 0 Å². The van der Waals surface area contributed by atoms with Gasteiger partial charge in [-0.3, -0.25) is 0 Å². The number of halogens is 7. The van der Waals surface area contributed by atoms with Gasteiger partial charge in [0.05, 0.1) is 0 Å². The van der Waals surface area contributed by atoms with Gasteiger partial charge >= 0.3 is 0 Å². The molecule has 0 nitrogen and oxygen atoms in total. The lowest BCUT2D eigenvalue weighted by Gasteiger charge is -2.13. The maximum atomic E-state index is 3.67. The summed E-state index contributed by atoms with van der Waals surface area (Å²) in [5, 5.41) is 0. The maximum Gasteiger partial charge on any atom is 0.0463 e. The van der Waals surface area contributed by atoms with Crippen molar-refractivity contribution in [2.24, 2.45) is 0 Å².